The molecule has 2 aromatic rings. The van der Waals surface area contributed by atoms with E-state index in [0.29, 0.717) is 11.5 Å². The van der Waals surface area contributed by atoms with E-state index in [9.17, 15) is 0 Å². The molecule has 0 aliphatic rings. The van der Waals surface area contributed by atoms with Crippen LogP contribution in [0.1, 0.15) is 5.69 Å². The SMILES string of the molecule is CSc1cccc(Nc2nc(C)ccc2N)c1. The third-order valence-electron chi connectivity index (χ3n) is 2.40. The van der Waals surface area contributed by atoms with Crippen molar-refractivity contribution in [1.29, 1.82) is 0 Å². The maximum Gasteiger partial charge on any atom is 0.153 e. The summed E-state index contributed by atoms with van der Waals surface area (Å²) < 4.78 is 0. The van der Waals surface area contributed by atoms with Crippen LogP contribution in [-0.2, 0) is 0 Å². The number of hydrogen-bond donors (Lipinski definition) is 2. The number of nitrogens with zero attached hydrogens (tertiary/aromatic N) is 1. The fourth-order valence-electron chi connectivity index (χ4n) is 1.51. The minimum Gasteiger partial charge on any atom is -0.396 e. The van der Waals surface area contributed by atoms with Crippen LogP contribution in [0.2, 0.25) is 0 Å². The molecule has 0 saturated carbocycles. The molecule has 3 nitrogen and oxygen atoms in total. The number of nitrogens with one attached hydrogen (secondary N) is 1. The maximum atomic E-state index is 5.88. The molecule has 4 heteroatoms. The van der Waals surface area contributed by atoms with Gasteiger partial charge in [0.05, 0.1) is 5.69 Å². The number of aryl methyl sites for hydroxylation is 1. The molecule has 0 radical (unpaired) electrons. The molecule has 0 fully saturated rings. The number of rotatable bonds is 3. The van der Waals surface area contributed by atoms with Crippen molar-refractivity contribution in [2.45, 2.75) is 11.8 Å². The molecular formula is C13H15N3S. The predicted octanol–water partition coefficient (Wildman–Crippen LogP) is 3.44. The van der Waals surface area contributed by atoms with Gasteiger partial charge in [0.1, 0.15) is 0 Å². The Balaban J connectivity index is 2.27. The number of nitrogen functional groups attached to an aromatic ring is 1. The molecule has 0 aliphatic heterocycles. The molecular weight excluding hydrogens is 230 g/mol. The zero-order valence-electron chi connectivity index (χ0n) is 9.90. The van der Waals surface area contributed by atoms with Crippen LogP contribution in [0.3, 0.4) is 0 Å². The summed E-state index contributed by atoms with van der Waals surface area (Å²) in [5, 5.41) is 3.24. The van der Waals surface area contributed by atoms with E-state index >= 15 is 0 Å². The number of benzene rings is 1. The van der Waals surface area contributed by atoms with E-state index in [1.165, 1.54) is 4.90 Å². The first-order chi connectivity index (χ1) is 8.19. The van der Waals surface area contributed by atoms with E-state index in [1.807, 2.05) is 31.2 Å². The van der Waals surface area contributed by atoms with E-state index in [-0.39, 0.29) is 0 Å². The Morgan fingerprint density at radius 3 is 2.82 bits per heavy atom. The second-order valence-corrected chi connectivity index (χ2v) is 4.63. The first kappa shape index (κ1) is 11.8. The summed E-state index contributed by atoms with van der Waals surface area (Å²) in [5.74, 6) is 0.711. The van der Waals surface area contributed by atoms with Crippen molar-refractivity contribution < 1.29 is 0 Å². The number of nitrogens with two attached hydrogens (primary N) is 1. The van der Waals surface area contributed by atoms with Gasteiger partial charge >= 0.3 is 0 Å². The lowest BCUT2D eigenvalue weighted by Crippen LogP contribution is -2.00. The fraction of sp³-hybridized carbons (Fsp3) is 0.154. The van der Waals surface area contributed by atoms with Gasteiger partial charge < -0.3 is 11.1 Å². The van der Waals surface area contributed by atoms with Crippen LogP contribution >= 0.6 is 11.8 Å². The van der Waals surface area contributed by atoms with Gasteiger partial charge in [-0.15, -0.1) is 11.8 Å². The van der Waals surface area contributed by atoms with Crippen molar-refractivity contribution in [3.05, 3.63) is 42.1 Å². The van der Waals surface area contributed by atoms with E-state index in [0.717, 1.165) is 11.4 Å². The lowest BCUT2D eigenvalue weighted by molar-refractivity contribution is 1.20. The Bertz CT molecular complexity index is 526. The Kier molecular flexibility index (Phi) is 3.54. The van der Waals surface area contributed by atoms with Crippen LogP contribution < -0.4 is 11.1 Å². The number of aromatic nitrogens is 1. The summed E-state index contributed by atoms with van der Waals surface area (Å²) >= 11 is 1.71. The predicted molar refractivity (Wildman–Crippen MR) is 74.9 cm³/mol. The summed E-state index contributed by atoms with van der Waals surface area (Å²) in [6, 6.07) is 11.9. The Hall–Kier alpha value is -1.68. The Morgan fingerprint density at radius 2 is 2.06 bits per heavy atom. The monoisotopic (exact) mass is 245 g/mol. The van der Waals surface area contributed by atoms with Gasteiger partial charge in [0.25, 0.3) is 0 Å². The lowest BCUT2D eigenvalue weighted by atomic mass is 10.3. The van der Waals surface area contributed by atoms with Gasteiger partial charge in [-0.25, -0.2) is 4.98 Å². The van der Waals surface area contributed by atoms with E-state index in [2.05, 4.69) is 28.7 Å². The van der Waals surface area contributed by atoms with Gasteiger partial charge in [-0.05, 0) is 43.5 Å². The van der Waals surface area contributed by atoms with Gasteiger partial charge in [-0.2, -0.15) is 0 Å². The van der Waals surface area contributed by atoms with Gasteiger partial charge in [-0.1, -0.05) is 6.07 Å². The van der Waals surface area contributed by atoms with E-state index in [4.69, 9.17) is 5.73 Å². The second kappa shape index (κ2) is 5.10. The minimum atomic E-state index is 0.658. The topological polar surface area (TPSA) is 50.9 Å². The van der Waals surface area contributed by atoms with Crippen LogP contribution in [0.5, 0.6) is 0 Å². The molecule has 3 N–H and O–H groups in total. The van der Waals surface area contributed by atoms with Crippen LogP contribution in [0.4, 0.5) is 17.2 Å². The molecule has 2 rings (SSSR count). The lowest BCUT2D eigenvalue weighted by Gasteiger charge is -2.09. The van der Waals surface area contributed by atoms with Crippen LogP contribution in [0.25, 0.3) is 0 Å². The molecule has 0 unspecified atom stereocenters. The third kappa shape index (κ3) is 2.91. The molecule has 0 amide bonds. The highest BCUT2D eigenvalue weighted by atomic mass is 32.2. The molecule has 88 valence electrons. The van der Waals surface area contributed by atoms with Crippen molar-refractivity contribution in [2.75, 3.05) is 17.3 Å². The third-order valence-corrected chi connectivity index (χ3v) is 3.12. The van der Waals surface area contributed by atoms with Crippen molar-refractivity contribution >= 4 is 29.0 Å². The van der Waals surface area contributed by atoms with Crippen molar-refractivity contribution in [3.8, 4) is 0 Å². The summed E-state index contributed by atoms with van der Waals surface area (Å²) in [7, 11) is 0. The average Bonchev–Trinajstić information content (AvgIpc) is 2.34. The molecule has 0 spiro atoms. The van der Waals surface area contributed by atoms with Gasteiger partial charge in [0, 0.05) is 16.3 Å². The standard InChI is InChI=1S/C13H15N3S/c1-9-6-7-12(14)13(15-9)16-10-4-3-5-11(8-10)17-2/h3-8H,14H2,1-2H3,(H,15,16). The Labute approximate surface area is 105 Å². The maximum absolute atomic E-state index is 5.88. The van der Waals surface area contributed by atoms with Crippen molar-refractivity contribution in [2.24, 2.45) is 0 Å². The van der Waals surface area contributed by atoms with Gasteiger partial charge in [0.15, 0.2) is 5.82 Å². The van der Waals surface area contributed by atoms with Crippen molar-refractivity contribution in [3.63, 3.8) is 0 Å². The number of anilines is 3. The molecule has 0 atom stereocenters. The molecule has 0 saturated heterocycles. The normalized spacial score (nSPS) is 10.2. The molecule has 0 bridgehead atoms. The number of thioether (sulfide) groups is 1. The molecule has 0 aliphatic carbocycles. The zero-order chi connectivity index (χ0) is 12.3. The largest absolute Gasteiger partial charge is 0.396 e. The number of hydrogen-bond acceptors (Lipinski definition) is 4. The van der Waals surface area contributed by atoms with Gasteiger partial charge in [-0.3, -0.25) is 0 Å². The molecule has 1 aromatic carbocycles. The van der Waals surface area contributed by atoms with Crippen molar-refractivity contribution in [1.82, 2.24) is 4.98 Å². The van der Waals surface area contributed by atoms with Crippen LogP contribution in [0, 0.1) is 6.92 Å². The number of pyridine rings is 1. The average molecular weight is 245 g/mol. The summed E-state index contributed by atoms with van der Waals surface area (Å²) in [5.41, 5.74) is 8.48. The Morgan fingerprint density at radius 1 is 1.24 bits per heavy atom. The quantitative estimate of drug-likeness (QED) is 0.813. The van der Waals surface area contributed by atoms with Crippen LogP contribution in [0.15, 0.2) is 41.3 Å². The highest BCUT2D eigenvalue weighted by molar-refractivity contribution is 7.98. The van der Waals surface area contributed by atoms with Crippen LogP contribution in [-0.4, -0.2) is 11.2 Å². The molecule has 17 heavy (non-hydrogen) atoms. The van der Waals surface area contributed by atoms with Gasteiger partial charge in [0.2, 0.25) is 0 Å². The smallest absolute Gasteiger partial charge is 0.153 e. The highest BCUT2D eigenvalue weighted by Gasteiger charge is 2.02. The zero-order valence-corrected chi connectivity index (χ0v) is 10.7. The first-order valence-corrected chi connectivity index (χ1v) is 6.56. The minimum absolute atomic E-state index is 0.658. The molecule has 1 heterocycles. The highest BCUT2D eigenvalue weighted by Crippen LogP contribution is 2.24. The fourth-order valence-corrected chi connectivity index (χ4v) is 1.96. The summed E-state index contributed by atoms with van der Waals surface area (Å²) in [4.78, 5) is 5.59. The van der Waals surface area contributed by atoms with E-state index < -0.39 is 0 Å². The molecule has 1 aromatic heterocycles. The summed E-state index contributed by atoms with van der Waals surface area (Å²) in [6.07, 6.45) is 2.05. The first-order valence-electron chi connectivity index (χ1n) is 5.33. The van der Waals surface area contributed by atoms with E-state index in [1.54, 1.807) is 11.8 Å². The summed E-state index contributed by atoms with van der Waals surface area (Å²) in [6.45, 7) is 1.95. The second-order valence-electron chi connectivity index (χ2n) is 3.75.